The third-order valence-corrected chi connectivity index (χ3v) is 3.99. The van der Waals surface area contributed by atoms with Crippen LogP contribution in [0.15, 0.2) is 12.4 Å². The molecule has 0 saturated carbocycles. The van der Waals surface area contributed by atoms with Crippen molar-refractivity contribution in [2.45, 2.75) is 20.8 Å². The van der Waals surface area contributed by atoms with Crippen molar-refractivity contribution in [1.82, 2.24) is 14.9 Å². The van der Waals surface area contributed by atoms with Gasteiger partial charge in [-0.15, -0.1) is 0 Å². The van der Waals surface area contributed by atoms with E-state index in [1.54, 1.807) is 6.20 Å². The van der Waals surface area contributed by atoms with Crippen LogP contribution in [0.1, 0.15) is 20.8 Å². The van der Waals surface area contributed by atoms with E-state index in [1.807, 2.05) is 4.90 Å². The summed E-state index contributed by atoms with van der Waals surface area (Å²) in [6, 6.07) is 0. The number of hydrogen-bond acceptors (Lipinski definition) is 4. The fourth-order valence-electron chi connectivity index (χ4n) is 2.19. The van der Waals surface area contributed by atoms with Crippen molar-refractivity contribution in [1.29, 1.82) is 0 Å². The Morgan fingerprint density at radius 1 is 1.58 bits per heavy atom. The molecule has 0 spiro atoms. The Morgan fingerprint density at radius 2 is 2.32 bits per heavy atom. The second-order valence-electron chi connectivity index (χ2n) is 5.74. The highest BCUT2D eigenvalue weighted by Gasteiger charge is 2.38. The molecule has 1 aromatic rings. The summed E-state index contributed by atoms with van der Waals surface area (Å²) < 4.78 is 0. The molecule has 6 heteroatoms. The van der Waals surface area contributed by atoms with Crippen LogP contribution in [0, 0.1) is 11.3 Å². The predicted octanol–water partition coefficient (Wildman–Crippen LogP) is 2.05. The largest absolute Gasteiger partial charge is 0.360 e. The van der Waals surface area contributed by atoms with E-state index >= 15 is 0 Å². The van der Waals surface area contributed by atoms with Crippen LogP contribution in [-0.4, -0.2) is 40.4 Å². The van der Waals surface area contributed by atoms with Gasteiger partial charge in [-0.25, -0.2) is 4.98 Å². The summed E-state index contributed by atoms with van der Waals surface area (Å²) in [6.07, 6.45) is 3.01. The van der Waals surface area contributed by atoms with E-state index in [-0.39, 0.29) is 17.9 Å². The fraction of sp³-hybridized carbons (Fsp3) is 0.615. The quantitative estimate of drug-likeness (QED) is 0.922. The predicted molar refractivity (Wildman–Crippen MR) is 75.1 cm³/mol. The Morgan fingerprint density at radius 3 is 2.89 bits per heavy atom. The van der Waals surface area contributed by atoms with Crippen molar-refractivity contribution in [3.8, 4) is 0 Å². The van der Waals surface area contributed by atoms with Crippen molar-refractivity contribution >= 4 is 23.3 Å². The summed E-state index contributed by atoms with van der Waals surface area (Å²) in [5.41, 5.74) is 0.186. The molecule has 1 aliphatic heterocycles. The number of nitrogens with zero attached hydrogens (tertiary/aromatic N) is 3. The molecule has 1 fully saturated rings. The highest BCUT2D eigenvalue weighted by atomic mass is 35.5. The summed E-state index contributed by atoms with van der Waals surface area (Å²) in [4.78, 5) is 22.0. The fourth-order valence-corrected chi connectivity index (χ4v) is 2.33. The summed E-state index contributed by atoms with van der Waals surface area (Å²) >= 11 is 5.73. The highest BCUT2D eigenvalue weighted by Crippen LogP contribution is 2.34. The molecule has 1 aromatic heterocycles. The number of carbonyl (C=O) groups excluding carboxylic acids is 1. The molecule has 5 nitrogen and oxygen atoms in total. The standard InChI is InChI=1S/C13H19ClN4O/c1-9-7-18(8-13(9,2)3)12(19)6-16-11-5-15-4-10(14)17-11/h4-5,9H,6-8H2,1-3H3,(H,16,17)/t9-/m0/s1. The zero-order valence-corrected chi connectivity index (χ0v) is 12.2. The van der Waals surface area contributed by atoms with Crippen LogP contribution in [0.4, 0.5) is 5.82 Å². The number of anilines is 1. The van der Waals surface area contributed by atoms with Crippen LogP contribution in [0.25, 0.3) is 0 Å². The van der Waals surface area contributed by atoms with Crippen LogP contribution in [0.3, 0.4) is 0 Å². The molecule has 0 aliphatic carbocycles. The van der Waals surface area contributed by atoms with Gasteiger partial charge in [0.2, 0.25) is 5.91 Å². The topological polar surface area (TPSA) is 58.1 Å². The molecule has 1 amide bonds. The number of halogens is 1. The van der Waals surface area contributed by atoms with Gasteiger partial charge >= 0.3 is 0 Å². The van der Waals surface area contributed by atoms with Gasteiger partial charge < -0.3 is 10.2 Å². The van der Waals surface area contributed by atoms with Crippen molar-refractivity contribution in [2.75, 3.05) is 25.0 Å². The Labute approximate surface area is 118 Å². The average Bonchev–Trinajstić information content (AvgIpc) is 2.61. The molecule has 1 aliphatic rings. The maximum atomic E-state index is 12.1. The summed E-state index contributed by atoms with van der Waals surface area (Å²) in [7, 11) is 0. The molecular formula is C13H19ClN4O. The second-order valence-corrected chi connectivity index (χ2v) is 6.13. The molecule has 0 unspecified atom stereocenters. The molecule has 19 heavy (non-hydrogen) atoms. The third-order valence-electron chi connectivity index (χ3n) is 3.81. The van der Waals surface area contributed by atoms with Gasteiger partial charge in [0.15, 0.2) is 0 Å². The molecule has 104 valence electrons. The number of likely N-dealkylation sites (tertiary alicyclic amines) is 1. The van der Waals surface area contributed by atoms with Gasteiger partial charge in [-0.05, 0) is 11.3 Å². The smallest absolute Gasteiger partial charge is 0.241 e. The van der Waals surface area contributed by atoms with E-state index in [2.05, 4.69) is 36.1 Å². The van der Waals surface area contributed by atoms with Gasteiger partial charge in [0.1, 0.15) is 11.0 Å². The molecule has 1 N–H and O–H groups in total. The minimum absolute atomic E-state index is 0.0826. The van der Waals surface area contributed by atoms with Crippen LogP contribution in [0.2, 0.25) is 5.15 Å². The lowest BCUT2D eigenvalue weighted by molar-refractivity contribution is -0.128. The zero-order valence-electron chi connectivity index (χ0n) is 11.5. The lowest BCUT2D eigenvalue weighted by Gasteiger charge is -2.22. The van der Waals surface area contributed by atoms with E-state index in [4.69, 9.17) is 11.6 Å². The summed E-state index contributed by atoms with van der Waals surface area (Å²) in [5.74, 6) is 1.12. The van der Waals surface area contributed by atoms with Crippen molar-refractivity contribution in [2.24, 2.45) is 11.3 Å². The molecule has 1 atom stereocenters. The SMILES string of the molecule is C[C@H]1CN(C(=O)CNc2cncc(Cl)n2)CC1(C)C. The third kappa shape index (κ3) is 3.35. The van der Waals surface area contributed by atoms with Gasteiger partial charge in [0, 0.05) is 13.1 Å². The maximum Gasteiger partial charge on any atom is 0.241 e. The van der Waals surface area contributed by atoms with Crippen LogP contribution >= 0.6 is 11.6 Å². The molecule has 2 rings (SSSR count). The van der Waals surface area contributed by atoms with Crippen molar-refractivity contribution in [3.63, 3.8) is 0 Å². The minimum atomic E-state index is 0.0826. The van der Waals surface area contributed by atoms with E-state index in [9.17, 15) is 4.79 Å². The first kappa shape index (κ1) is 14.1. The molecular weight excluding hydrogens is 264 g/mol. The lowest BCUT2D eigenvalue weighted by Crippen LogP contribution is -2.34. The van der Waals surface area contributed by atoms with E-state index in [0.717, 1.165) is 13.1 Å². The number of rotatable bonds is 3. The van der Waals surface area contributed by atoms with Crippen LogP contribution < -0.4 is 5.32 Å². The normalized spacial score (nSPS) is 21.5. The number of carbonyl (C=O) groups is 1. The van der Waals surface area contributed by atoms with Crippen molar-refractivity contribution < 1.29 is 4.79 Å². The number of hydrogen-bond donors (Lipinski definition) is 1. The van der Waals surface area contributed by atoms with Gasteiger partial charge in [0.05, 0.1) is 18.9 Å². The second kappa shape index (κ2) is 5.33. The van der Waals surface area contributed by atoms with Gasteiger partial charge in [-0.3, -0.25) is 9.78 Å². The number of aromatic nitrogens is 2. The zero-order chi connectivity index (χ0) is 14.0. The Kier molecular flexibility index (Phi) is 3.94. The first-order valence-electron chi connectivity index (χ1n) is 6.38. The van der Waals surface area contributed by atoms with E-state index < -0.39 is 0 Å². The van der Waals surface area contributed by atoms with Gasteiger partial charge in [-0.2, -0.15) is 0 Å². The summed E-state index contributed by atoms with van der Waals surface area (Å²) in [5, 5.41) is 3.27. The Bertz CT molecular complexity index is 477. The first-order chi connectivity index (χ1) is 8.88. The Hall–Kier alpha value is -1.36. The minimum Gasteiger partial charge on any atom is -0.360 e. The number of amides is 1. The number of nitrogens with one attached hydrogen (secondary N) is 1. The molecule has 0 aromatic carbocycles. The molecule has 0 radical (unpaired) electrons. The van der Waals surface area contributed by atoms with Crippen LogP contribution in [0.5, 0.6) is 0 Å². The average molecular weight is 283 g/mol. The van der Waals surface area contributed by atoms with Crippen LogP contribution in [-0.2, 0) is 4.79 Å². The molecule has 0 bridgehead atoms. The van der Waals surface area contributed by atoms with Gasteiger partial charge in [-0.1, -0.05) is 32.4 Å². The lowest BCUT2D eigenvalue weighted by atomic mass is 9.84. The highest BCUT2D eigenvalue weighted by molar-refractivity contribution is 6.29. The van der Waals surface area contributed by atoms with Crippen molar-refractivity contribution in [3.05, 3.63) is 17.5 Å². The first-order valence-corrected chi connectivity index (χ1v) is 6.75. The monoisotopic (exact) mass is 282 g/mol. The molecule has 1 saturated heterocycles. The Balaban J connectivity index is 1.89. The summed E-state index contributed by atoms with van der Waals surface area (Å²) in [6.45, 7) is 8.41. The maximum absolute atomic E-state index is 12.1. The molecule has 2 heterocycles. The van der Waals surface area contributed by atoms with E-state index in [1.165, 1.54) is 6.20 Å². The van der Waals surface area contributed by atoms with Gasteiger partial charge in [0.25, 0.3) is 0 Å². The van der Waals surface area contributed by atoms with E-state index in [0.29, 0.717) is 16.9 Å².